The van der Waals surface area contributed by atoms with Crippen molar-refractivity contribution in [1.29, 1.82) is 0 Å². The summed E-state index contributed by atoms with van der Waals surface area (Å²) in [4.78, 5) is 44.4. The number of aromatic nitrogens is 5. The third kappa shape index (κ3) is 4.67. The Morgan fingerprint density at radius 2 is 0.873 bits per heavy atom. The number of hydrogen-bond donors (Lipinski definition) is 0. The Morgan fingerprint density at radius 3 is 1.47 bits per heavy atom. The predicted molar refractivity (Wildman–Crippen MR) is 219 cm³/mol. The van der Waals surface area contributed by atoms with Gasteiger partial charge in [0.1, 0.15) is 0 Å². The van der Waals surface area contributed by atoms with Gasteiger partial charge >= 0.3 is 0 Å². The Bertz CT molecular complexity index is 2990. The number of benzene rings is 6. The summed E-state index contributed by atoms with van der Waals surface area (Å²) in [5.74, 6) is -0.0122. The Labute approximate surface area is 317 Å². The van der Waals surface area contributed by atoms with E-state index >= 15 is 0 Å². The fourth-order valence-electron chi connectivity index (χ4n) is 8.08. The highest BCUT2D eigenvalue weighted by molar-refractivity contribution is 6.29. The minimum absolute atomic E-state index is 0.00785. The minimum Gasteiger partial charge on any atom is -0.309 e. The van der Waals surface area contributed by atoms with E-state index < -0.39 is 10.8 Å². The third-order valence-corrected chi connectivity index (χ3v) is 11.8. The second kappa shape index (κ2) is 11.8. The topological polar surface area (TPSA) is 85.9 Å². The first kappa shape index (κ1) is 32.7. The quantitative estimate of drug-likeness (QED) is 0.166. The van der Waals surface area contributed by atoms with E-state index in [1.165, 1.54) is 0 Å². The second-order valence-electron chi connectivity index (χ2n) is 15.3. The van der Waals surface area contributed by atoms with Gasteiger partial charge in [-0.05, 0) is 75.2 Å². The molecular formula is C47H36N6O2. The number of nitrogens with zero attached hydrogens (tertiary/aromatic N) is 6. The Kier molecular flexibility index (Phi) is 7.01. The largest absolute Gasteiger partial charge is 0.309 e. The van der Waals surface area contributed by atoms with Gasteiger partial charge in [0.05, 0.1) is 32.9 Å². The Balaban J connectivity index is 1.26. The lowest BCUT2D eigenvalue weighted by molar-refractivity contribution is -0.129. The molecule has 1 saturated heterocycles. The highest BCUT2D eigenvalue weighted by Gasteiger charge is 2.60. The first-order valence-electron chi connectivity index (χ1n) is 18.5. The van der Waals surface area contributed by atoms with Crippen LogP contribution in [0.2, 0.25) is 0 Å². The summed E-state index contributed by atoms with van der Waals surface area (Å²) in [5, 5.41) is 4.34. The van der Waals surface area contributed by atoms with Crippen molar-refractivity contribution in [2.75, 3.05) is 4.90 Å². The number of carbonyl (C=O) groups excluding carboxylic acids is 2. The zero-order valence-corrected chi connectivity index (χ0v) is 30.9. The lowest BCUT2D eigenvalue weighted by Gasteiger charge is -2.28. The number of imide groups is 1. The molecule has 4 heterocycles. The van der Waals surface area contributed by atoms with Crippen LogP contribution in [0, 0.1) is 10.8 Å². The van der Waals surface area contributed by atoms with Crippen LogP contribution in [0.15, 0.2) is 146 Å². The molecule has 6 aromatic carbocycles. The molecule has 0 aliphatic carbocycles. The third-order valence-electron chi connectivity index (χ3n) is 11.8. The summed E-state index contributed by atoms with van der Waals surface area (Å²) in [5.41, 5.74) is 5.98. The SMILES string of the molecule is CC1(C)C(=O)N(c2nc(-c3ccc(-c4ccccc4)cc3)nc(-n3c4ccccc4c4c5c6ccccc6n(-c6ccccc6)c5ccc43)n2)C(=O)C1(C)C. The van der Waals surface area contributed by atoms with Crippen molar-refractivity contribution in [2.45, 2.75) is 27.7 Å². The number of para-hydroxylation sites is 3. The number of rotatable bonds is 5. The molecule has 1 aliphatic heterocycles. The number of anilines is 1. The molecule has 0 atom stereocenters. The number of carbonyl (C=O) groups is 2. The molecule has 0 radical (unpaired) electrons. The molecule has 10 rings (SSSR count). The normalized spacial score (nSPS) is 15.2. The lowest BCUT2D eigenvalue weighted by atomic mass is 9.70. The smallest absolute Gasteiger partial charge is 0.244 e. The zero-order valence-electron chi connectivity index (χ0n) is 30.9. The van der Waals surface area contributed by atoms with Crippen LogP contribution < -0.4 is 4.90 Å². The molecular weight excluding hydrogens is 681 g/mol. The molecule has 0 spiro atoms. The van der Waals surface area contributed by atoms with Gasteiger partial charge in [-0.25, -0.2) is 4.90 Å². The molecule has 0 saturated carbocycles. The van der Waals surface area contributed by atoms with Gasteiger partial charge in [0.15, 0.2) is 5.82 Å². The Hall–Kier alpha value is -6.93. The standard InChI is InChI=1S/C47H36N6O2/c1-46(2)42(54)53(43(55)47(46,3)4)45-49-41(31-25-23-30(24-26-31)29-15-7-5-8-16-29)48-44(50-45)52-36-22-14-12-20-34(36)40-38(52)28-27-37-39(40)33-19-11-13-21-35(33)51(37)32-17-9-6-10-18-32/h5-28H,1-4H3. The van der Waals surface area contributed by atoms with Gasteiger partial charge in [-0.1, -0.05) is 109 Å². The van der Waals surface area contributed by atoms with E-state index in [1.807, 2.05) is 92.9 Å². The zero-order chi connectivity index (χ0) is 37.6. The number of hydrogen-bond acceptors (Lipinski definition) is 5. The fraction of sp³-hybridized carbons (Fsp3) is 0.128. The molecule has 266 valence electrons. The molecule has 3 aromatic heterocycles. The van der Waals surface area contributed by atoms with Gasteiger partial charge < -0.3 is 4.57 Å². The molecule has 0 unspecified atom stereocenters. The van der Waals surface area contributed by atoms with Gasteiger partial charge in [0.2, 0.25) is 23.7 Å². The summed E-state index contributed by atoms with van der Waals surface area (Å²) in [6, 6.07) is 49.6. The molecule has 8 nitrogen and oxygen atoms in total. The van der Waals surface area contributed by atoms with E-state index in [-0.39, 0.29) is 17.8 Å². The summed E-state index contributed by atoms with van der Waals surface area (Å²) in [6.07, 6.45) is 0. The summed E-state index contributed by atoms with van der Waals surface area (Å²) in [7, 11) is 0. The first-order valence-corrected chi connectivity index (χ1v) is 18.5. The van der Waals surface area contributed by atoms with E-state index in [2.05, 4.69) is 89.5 Å². The van der Waals surface area contributed by atoms with E-state index in [9.17, 15) is 9.59 Å². The van der Waals surface area contributed by atoms with E-state index in [0.717, 1.165) is 70.9 Å². The van der Waals surface area contributed by atoms with Gasteiger partial charge in [0, 0.05) is 32.8 Å². The summed E-state index contributed by atoms with van der Waals surface area (Å²) >= 11 is 0. The lowest BCUT2D eigenvalue weighted by Crippen LogP contribution is -2.35. The fourth-order valence-corrected chi connectivity index (χ4v) is 8.08. The van der Waals surface area contributed by atoms with Gasteiger partial charge in [-0.3, -0.25) is 14.2 Å². The molecule has 8 heteroatoms. The van der Waals surface area contributed by atoms with Crippen molar-refractivity contribution in [2.24, 2.45) is 10.8 Å². The van der Waals surface area contributed by atoms with Gasteiger partial charge in [-0.15, -0.1) is 0 Å². The molecule has 0 N–H and O–H groups in total. The maximum Gasteiger partial charge on any atom is 0.244 e. The van der Waals surface area contributed by atoms with Crippen LogP contribution in [0.25, 0.3) is 77.8 Å². The van der Waals surface area contributed by atoms with E-state index in [0.29, 0.717) is 11.8 Å². The molecule has 2 amide bonds. The van der Waals surface area contributed by atoms with Crippen LogP contribution in [0.5, 0.6) is 0 Å². The van der Waals surface area contributed by atoms with Gasteiger partial charge in [0.25, 0.3) is 0 Å². The molecule has 1 aliphatic rings. The Morgan fingerprint density at radius 1 is 0.418 bits per heavy atom. The number of fused-ring (bicyclic) bond motifs is 7. The average Bonchev–Trinajstić information content (AvgIpc) is 3.77. The maximum absolute atomic E-state index is 14.1. The highest BCUT2D eigenvalue weighted by Crippen LogP contribution is 2.48. The van der Waals surface area contributed by atoms with Crippen molar-refractivity contribution in [3.05, 3.63) is 146 Å². The highest BCUT2D eigenvalue weighted by atomic mass is 16.2. The number of amides is 2. The minimum atomic E-state index is -0.972. The average molecular weight is 717 g/mol. The summed E-state index contributed by atoms with van der Waals surface area (Å²) < 4.78 is 4.34. The van der Waals surface area contributed by atoms with Crippen LogP contribution in [-0.2, 0) is 9.59 Å². The van der Waals surface area contributed by atoms with Crippen molar-refractivity contribution >= 4 is 61.4 Å². The van der Waals surface area contributed by atoms with Gasteiger partial charge in [-0.2, -0.15) is 15.0 Å². The molecule has 0 bridgehead atoms. The maximum atomic E-state index is 14.1. The second-order valence-corrected chi connectivity index (χ2v) is 15.3. The monoisotopic (exact) mass is 716 g/mol. The van der Waals surface area contributed by atoms with E-state index in [1.54, 1.807) is 0 Å². The van der Waals surface area contributed by atoms with Crippen LogP contribution in [0.3, 0.4) is 0 Å². The molecule has 55 heavy (non-hydrogen) atoms. The predicted octanol–water partition coefficient (Wildman–Crippen LogP) is 10.3. The van der Waals surface area contributed by atoms with E-state index in [4.69, 9.17) is 15.0 Å². The van der Waals surface area contributed by atoms with Crippen molar-refractivity contribution in [3.8, 4) is 34.2 Å². The van der Waals surface area contributed by atoms with Crippen LogP contribution in [0.1, 0.15) is 27.7 Å². The molecule has 9 aromatic rings. The first-order chi connectivity index (χ1) is 26.6. The van der Waals surface area contributed by atoms with Crippen LogP contribution in [0.4, 0.5) is 5.95 Å². The van der Waals surface area contributed by atoms with Crippen molar-refractivity contribution in [1.82, 2.24) is 24.1 Å². The van der Waals surface area contributed by atoms with Crippen molar-refractivity contribution < 1.29 is 9.59 Å². The van der Waals surface area contributed by atoms with Crippen LogP contribution >= 0.6 is 0 Å². The van der Waals surface area contributed by atoms with Crippen molar-refractivity contribution in [3.63, 3.8) is 0 Å². The molecule has 1 fully saturated rings. The summed E-state index contributed by atoms with van der Waals surface area (Å²) in [6.45, 7) is 7.23. The van der Waals surface area contributed by atoms with Crippen LogP contribution in [-0.4, -0.2) is 35.9 Å².